The summed E-state index contributed by atoms with van der Waals surface area (Å²) in [4.78, 5) is 0. The number of nitrogens with zero attached hydrogens (tertiary/aromatic N) is 2. The van der Waals surface area contributed by atoms with Crippen LogP contribution in [-0.2, 0) is 7.05 Å². The maximum atomic E-state index is 6.31. The molecule has 2 aromatic carbocycles. The van der Waals surface area contributed by atoms with Gasteiger partial charge in [-0.1, -0.05) is 59.6 Å². The molecule has 0 aliphatic heterocycles. The van der Waals surface area contributed by atoms with E-state index in [1.807, 2.05) is 31.3 Å². The summed E-state index contributed by atoms with van der Waals surface area (Å²) in [5.41, 5.74) is 11.1. The van der Waals surface area contributed by atoms with Crippen LogP contribution in [0.25, 0.3) is 22.4 Å². The largest absolute Gasteiger partial charge is 0.383 e. The maximum Gasteiger partial charge on any atom is 0.129 e. The van der Waals surface area contributed by atoms with Gasteiger partial charge in [0, 0.05) is 12.6 Å². The van der Waals surface area contributed by atoms with Gasteiger partial charge in [-0.15, -0.1) is 0 Å². The lowest BCUT2D eigenvalue weighted by Crippen LogP contribution is -1.97. The zero-order chi connectivity index (χ0) is 15.0. The van der Waals surface area contributed by atoms with E-state index in [0.29, 0.717) is 10.8 Å². The zero-order valence-corrected chi connectivity index (χ0v) is 12.7. The molecule has 3 nitrogen and oxygen atoms in total. The molecule has 0 bridgehead atoms. The molecule has 0 atom stereocenters. The third-order valence-corrected chi connectivity index (χ3v) is 3.89. The molecule has 1 heterocycles. The number of hydrogen-bond acceptors (Lipinski definition) is 2. The van der Waals surface area contributed by atoms with Crippen molar-refractivity contribution in [3.05, 3.63) is 59.1 Å². The molecule has 0 fully saturated rings. The molecule has 0 radical (unpaired) electrons. The van der Waals surface area contributed by atoms with E-state index in [1.54, 1.807) is 4.68 Å². The fourth-order valence-corrected chi connectivity index (χ4v) is 2.61. The maximum absolute atomic E-state index is 6.31. The predicted molar refractivity (Wildman–Crippen MR) is 88.2 cm³/mol. The summed E-state index contributed by atoms with van der Waals surface area (Å²) in [6.45, 7) is 2.06. The Morgan fingerprint density at radius 2 is 1.71 bits per heavy atom. The molecule has 4 heteroatoms. The van der Waals surface area contributed by atoms with Crippen LogP contribution in [0.15, 0.2) is 48.5 Å². The average Bonchev–Trinajstić information content (AvgIpc) is 2.76. The van der Waals surface area contributed by atoms with Crippen LogP contribution < -0.4 is 5.73 Å². The number of benzene rings is 2. The second-order valence-electron chi connectivity index (χ2n) is 5.08. The van der Waals surface area contributed by atoms with E-state index in [-0.39, 0.29) is 0 Å². The van der Waals surface area contributed by atoms with Crippen molar-refractivity contribution in [1.82, 2.24) is 9.78 Å². The summed E-state index contributed by atoms with van der Waals surface area (Å²) in [5.74, 6) is 0.633. The van der Waals surface area contributed by atoms with Gasteiger partial charge in [-0.2, -0.15) is 5.10 Å². The number of halogens is 1. The Labute approximate surface area is 129 Å². The van der Waals surface area contributed by atoms with E-state index in [9.17, 15) is 0 Å². The van der Waals surface area contributed by atoms with Crippen LogP contribution >= 0.6 is 11.6 Å². The molecule has 21 heavy (non-hydrogen) atoms. The van der Waals surface area contributed by atoms with Crippen LogP contribution in [-0.4, -0.2) is 9.78 Å². The summed E-state index contributed by atoms with van der Waals surface area (Å²) in [6, 6.07) is 15.9. The van der Waals surface area contributed by atoms with E-state index in [1.165, 1.54) is 5.56 Å². The molecule has 1 aromatic heterocycles. The average molecular weight is 298 g/mol. The molecule has 0 spiro atoms. The van der Waals surface area contributed by atoms with E-state index in [0.717, 1.165) is 22.4 Å². The summed E-state index contributed by atoms with van der Waals surface area (Å²) in [6.07, 6.45) is 0. The molecule has 0 unspecified atom stereocenters. The van der Waals surface area contributed by atoms with Crippen molar-refractivity contribution in [2.45, 2.75) is 6.92 Å². The molecule has 0 aliphatic rings. The number of aryl methyl sites for hydroxylation is 2. The van der Waals surface area contributed by atoms with Crippen LogP contribution in [0.5, 0.6) is 0 Å². The van der Waals surface area contributed by atoms with Crippen molar-refractivity contribution in [2.24, 2.45) is 7.05 Å². The van der Waals surface area contributed by atoms with Gasteiger partial charge in [0.1, 0.15) is 11.5 Å². The summed E-state index contributed by atoms with van der Waals surface area (Å²) in [7, 11) is 1.84. The first-order valence-electron chi connectivity index (χ1n) is 6.72. The molecule has 2 N–H and O–H groups in total. The highest BCUT2D eigenvalue weighted by Gasteiger charge is 2.18. The first-order chi connectivity index (χ1) is 10.1. The first kappa shape index (κ1) is 13.7. The molecule has 3 rings (SSSR count). The summed E-state index contributed by atoms with van der Waals surface area (Å²) in [5, 5.41) is 5.22. The van der Waals surface area contributed by atoms with Gasteiger partial charge in [0.05, 0.1) is 10.6 Å². The van der Waals surface area contributed by atoms with Gasteiger partial charge in [-0.05, 0) is 18.6 Å². The third kappa shape index (κ3) is 2.41. The SMILES string of the molecule is Cc1ccc(-c2c(-c3ccccc3Cl)nn(C)c2N)cc1. The summed E-state index contributed by atoms with van der Waals surface area (Å²) < 4.78 is 1.69. The number of nitrogens with two attached hydrogens (primary N) is 1. The number of rotatable bonds is 2. The van der Waals surface area contributed by atoms with E-state index in [4.69, 9.17) is 17.3 Å². The highest BCUT2D eigenvalue weighted by atomic mass is 35.5. The quantitative estimate of drug-likeness (QED) is 0.766. The fourth-order valence-electron chi connectivity index (χ4n) is 2.38. The molecule has 0 aliphatic carbocycles. The minimum absolute atomic E-state index is 0.633. The van der Waals surface area contributed by atoms with Crippen LogP contribution in [0.3, 0.4) is 0 Å². The Hall–Kier alpha value is -2.26. The van der Waals surface area contributed by atoms with Gasteiger partial charge in [-0.25, -0.2) is 0 Å². The topological polar surface area (TPSA) is 43.8 Å². The van der Waals surface area contributed by atoms with E-state index >= 15 is 0 Å². The minimum atomic E-state index is 0.633. The predicted octanol–water partition coefficient (Wildman–Crippen LogP) is 4.30. The highest BCUT2D eigenvalue weighted by molar-refractivity contribution is 6.33. The lowest BCUT2D eigenvalue weighted by molar-refractivity contribution is 0.782. The van der Waals surface area contributed by atoms with Crippen LogP contribution in [0.2, 0.25) is 5.02 Å². The Morgan fingerprint density at radius 1 is 1.05 bits per heavy atom. The Kier molecular flexibility index (Phi) is 3.43. The number of aromatic nitrogens is 2. The first-order valence-corrected chi connectivity index (χ1v) is 7.10. The minimum Gasteiger partial charge on any atom is -0.383 e. The molecule has 0 amide bonds. The lowest BCUT2D eigenvalue weighted by Gasteiger charge is -2.06. The second-order valence-corrected chi connectivity index (χ2v) is 5.49. The van der Waals surface area contributed by atoms with Crippen molar-refractivity contribution in [2.75, 3.05) is 5.73 Å². The van der Waals surface area contributed by atoms with Crippen molar-refractivity contribution in [3.8, 4) is 22.4 Å². The van der Waals surface area contributed by atoms with E-state index < -0.39 is 0 Å². The molecule has 0 saturated carbocycles. The normalized spacial score (nSPS) is 10.8. The number of anilines is 1. The standard InChI is InChI=1S/C17H16ClN3/c1-11-7-9-12(10-8-11)15-16(20-21(2)17(15)19)13-5-3-4-6-14(13)18/h3-10H,19H2,1-2H3. The number of hydrogen-bond donors (Lipinski definition) is 1. The Bertz CT molecular complexity index is 788. The fraction of sp³-hybridized carbons (Fsp3) is 0.118. The number of nitrogen functional groups attached to an aromatic ring is 1. The molecular weight excluding hydrogens is 282 g/mol. The monoisotopic (exact) mass is 297 g/mol. The molecule has 106 valence electrons. The van der Waals surface area contributed by atoms with Gasteiger partial charge in [0.25, 0.3) is 0 Å². The van der Waals surface area contributed by atoms with Crippen molar-refractivity contribution in [1.29, 1.82) is 0 Å². The Balaban J connectivity index is 2.26. The van der Waals surface area contributed by atoms with Crippen molar-refractivity contribution < 1.29 is 0 Å². The summed E-state index contributed by atoms with van der Waals surface area (Å²) >= 11 is 6.31. The van der Waals surface area contributed by atoms with Crippen LogP contribution in [0.4, 0.5) is 5.82 Å². The van der Waals surface area contributed by atoms with Gasteiger partial charge >= 0.3 is 0 Å². The van der Waals surface area contributed by atoms with Gasteiger partial charge in [-0.3, -0.25) is 4.68 Å². The Morgan fingerprint density at radius 3 is 2.38 bits per heavy atom. The second kappa shape index (κ2) is 5.26. The van der Waals surface area contributed by atoms with Crippen molar-refractivity contribution in [3.63, 3.8) is 0 Å². The van der Waals surface area contributed by atoms with Crippen molar-refractivity contribution >= 4 is 17.4 Å². The molecule has 3 aromatic rings. The van der Waals surface area contributed by atoms with Crippen LogP contribution in [0, 0.1) is 6.92 Å². The molecular formula is C17H16ClN3. The van der Waals surface area contributed by atoms with Gasteiger partial charge in [0.15, 0.2) is 0 Å². The van der Waals surface area contributed by atoms with E-state index in [2.05, 4.69) is 36.3 Å². The van der Waals surface area contributed by atoms with Gasteiger partial charge in [0.2, 0.25) is 0 Å². The lowest BCUT2D eigenvalue weighted by atomic mass is 10.00. The smallest absolute Gasteiger partial charge is 0.129 e. The third-order valence-electron chi connectivity index (χ3n) is 3.56. The highest BCUT2D eigenvalue weighted by Crippen LogP contribution is 2.38. The van der Waals surface area contributed by atoms with Crippen LogP contribution in [0.1, 0.15) is 5.56 Å². The molecule has 0 saturated heterocycles. The zero-order valence-electron chi connectivity index (χ0n) is 12.0. The van der Waals surface area contributed by atoms with Gasteiger partial charge < -0.3 is 5.73 Å².